The maximum absolute atomic E-state index is 13.8. The van der Waals surface area contributed by atoms with E-state index in [9.17, 15) is 18.0 Å². The molecule has 4 rings (SSSR count). The minimum Gasteiger partial charge on any atom is -0.382 e. The molecule has 1 aliphatic heterocycles. The molecule has 4 N–H and O–H groups in total. The first-order valence-electron chi connectivity index (χ1n) is 8.52. The first kappa shape index (κ1) is 17.9. The van der Waals surface area contributed by atoms with E-state index in [4.69, 9.17) is 5.73 Å². The van der Waals surface area contributed by atoms with E-state index in [2.05, 4.69) is 15.5 Å². The normalized spacial score (nSPS) is 15.5. The van der Waals surface area contributed by atoms with Crippen molar-refractivity contribution >= 4 is 17.5 Å². The molecule has 0 bridgehead atoms. The summed E-state index contributed by atoms with van der Waals surface area (Å²) in [4.78, 5) is 14.3. The fourth-order valence-electron chi connectivity index (χ4n) is 3.45. The number of amides is 2. The van der Waals surface area contributed by atoms with E-state index in [-0.39, 0.29) is 17.9 Å². The van der Waals surface area contributed by atoms with Crippen molar-refractivity contribution in [2.24, 2.45) is 0 Å². The van der Waals surface area contributed by atoms with Crippen LogP contribution in [0.1, 0.15) is 22.7 Å². The van der Waals surface area contributed by atoms with Crippen LogP contribution in [-0.2, 0) is 13.0 Å². The molecule has 0 saturated heterocycles. The van der Waals surface area contributed by atoms with Crippen LogP contribution in [0.4, 0.5) is 29.5 Å². The maximum Gasteiger partial charge on any atom is 0.322 e. The quantitative estimate of drug-likeness (QED) is 0.644. The first-order chi connectivity index (χ1) is 13.4. The molecular formula is C19H16F3N5O. The number of carbonyl (C=O) groups is 1. The van der Waals surface area contributed by atoms with Gasteiger partial charge in [-0.25, -0.2) is 18.0 Å². The van der Waals surface area contributed by atoms with Gasteiger partial charge >= 0.3 is 6.03 Å². The summed E-state index contributed by atoms with van der Waals surface area (Å²) in [5.41, 5.74) is 7.94. The Kier molecular flexibility index (Phi) is 4.42. The zero-order chi connectivity index (χ0) is 19.8. The van der Waals surface area contributed by atoms with Crippen molar-refractivity contribution < 1.29 is 18.0 Å². The highest BCUT2D eigenvalue weighted by molar-refractivity contribution is 5.95. The predicted molar refractivity (Wildman–Crippen MR) is 96.9 cm³/mol. The Bertz CT molecular complexity index is 1030. The predicted octanol–water partition coefficient (Wildman–Crippen LogP) is 3.42. The monoisotopic (exact) mass is 387 g/mol. The van der Waals surface area contributed by atoms with Crippen LogP contribution in [0, 0.1) is 17.5 Å². The number of carbonyl (C=O) groups excluding carboxylic acids is 1. The third kappa shape index (κ3) is 3.26. The summed E-state index contributed by atoms with van der Waals surface area (Å²) in [6, 6.07) is 6.20. The number of nitrogens with two attached hydrogens (primary N) is 1. The summed E-state index contributed by atoms with van der Waals surface area (Å²) in [5, 5.41) is 9.16. The molecule has 28 heavy (non-hydrogen) atoms. The second kappa shape index (κ2) is 6.91. The first-order valence-corrected chi connectivity index (χ1v) is 8.52. The molecule has 1 aromatic heterocycles. The number of fused-ring (bicyclic) bond motifs is 1. The molecule has 2 amide bonds. The van der Waals surface area contributed by atoms with Crippen molar-refractivity contribution in [2.45, 2.75) is 19.0 Å². The molecule has 0 spiro atoms. The summed E-state index contributed by atoms with van der Waals surface area (Å²) < 4.78 is 40.5. The number of nitrogens with one attached hydrogen (secondary N) is 2. The number of aromatic nitrogens is 2. The summed E-state index contributed by atoms with van der Waals surface area (Å²) in [7, 11) is 0. The smallest absolute Gasteiger partial charge is 0.322 e. The number of aromatic amines is 1. The van der Waals surface area contributed by atoms with E-state index < -0.39 is 29.5 Å². The number of benzene rings is 2. The topological polar surface area (TPSA) is 87.0 Å². The van der Waals surface area contributed by atoms with Gasteiger partial charge in [0.1, 0.15) is 17.5 Å². The molecule has 144 valence electrons. The van der Waals surface area contributed by atoms with E-state index in [0.29, 0.717) is 17.7 Å². The van der Waals surface area contributed by atoms with E-state index >= 15 is 0 Å². The third-order valence-electron chi connectivity index (χ3n) is 4.68. The fraction of sp³-hybridized carbons (Fsp3) is 0.158. The molecule has 1 aliphatic rings. The number of hydrogen-bond acceptors (Lipinski definition) is 3. The number of nitrogen functional groups attached to an aromatic ring is 1. The molecule has 1 atom stereocenters. The van der Waals surface area contributed by atoms with Crippen LogP contribution in [0.2, 0.25) is 0 Å². The molecule has 1 unspecified atom stereocenters. The molecule has 0 radical (unpaired) electrons. The van der Waals surface area contributed by atoms with Crippen LogP contribution in [0.15, 0.2) is 42.6 Å². The SMILES string of the molecule is Nc1n[nH]cc1C1Cc2ccc(F)cc2N1C(=O)NCc1cc(F)cc(F)c1. The highest BCUT2D eigenvalue weighted by atomic mass is 19.1. The Morgan fingerprint density at radius 3 is 2.61 bits per heavy atom. The zero-order valence-electron chi connectivity index (χ0n) is 14.5. The lowest BCUT2D eigenvalue weighted by molar-refractivity contribution is 0.244. The van der Waals surface area contributed by atoms with Gasteiger partial charge in [0.25, 0.3) is 0 Å². The van der Waals surface area contributed by atoms with Gasteiger partial charge in [-0.15, -0.1) is 0 Å². The summed E-state index contributed by atoms with van der Waals surface area (Å²) in [5.74, 6) is -1.71. The minimum atomic E-state index is -0.734. The second-order valence-electron chi connectivity index (χ2n) is 6.53. The van der Waals surface area contributed by atoms with Crippen LogP contribution < -0.4 is 16.0 Å². The highest BCUT2D eigenvalue weighted by Crippen LogP contribution is 2.41. The molecular weight excluding hydrogens is 371 g/mol. The zero-order valence-corrected chi connectivity index (χ0v) is 14.5. The van der Waals surface area contributed by atoms with Crippen LogP contribution in [0.3, 0.4) is 0 Å². The van der Waals surface area contributed by atoms with Crippen LogP contribution >= 0.6 is 0 Å². The lowest BCUT2D eigenvalue weighted by Crippen LogP contribution is -2.40. The van der Waals surface area contributed by atoms with Crippen molar-refractivity contribution in [1.29, 1.82) is 0 Å². The van der Waals surface area contributed by atoms with E-state index in [1.54, 1.807) is 12.3 Å². The van der Waals surface area contributed by atoms with Gasteiger partial charge in [-0.2, -0.15) is 5.10 Å². The molecule has 2 aromatic carbocycles. The molecule has 0 fully saturated rings. The number of nitrogens with zero attached hydrogens (tertiary/aromatic N) is 2. The van der Waals surface area contributed by atoms with E-state index in [1.807, 2.05) is 0 Å². The number of H-pyrrole nitrogens is 1. The Hall–Kier alpha value is -3.49. The van der Waals surface area contributed by atoms with Crippen molar-refractivity contribution in [3.63, 3.8) is 0 Å². The largest absolute Gasteiger partial charge is 0.382 e. The highest BCUT2D eigenvalue weighted by Gasteiger charge is 2.36. The summed E-state index contributed by atoms with van der Waals surface area (Å²) in [6.45, 7) is -0.0950. The summed E-state index contributed by atoms with van der Waals surface area (Å²) >= 11 is 0. The average molecular weight is 387 g/mol. The molecule has 3 aromatic rings. The second-order valence-corrected chi connectivity index (χ2v) is 6.53. The Morgan fingerprint density at radius 2 is 1.93 bits per heavy atom. The maximum atomic E-state index is 13.8. The van der Waals surface area contributed by atoms with Gasteiger partial charge in [-0.05, 0) is 41.8 Å². The van der Waals surface area contributed by atoms with Crippen LogP contribution in [0.5, 0.6) is 0 Å². The Labute approximate surface area is 158 Å². The average Bonchev–Trinajstić information content (AvgIpc) is 3.21. The van der Waals surface area contributed by atoms with Crippen LogP contribution in [-0.4, -0.2) is 16.2 Å². The van der Waals surface area contributed by atoms with Gasteiger partial charge in [-0.1, -0.05) is 6.07 Å². The van der Waals surface area contributed by atoms with Gasteiger partial charge in [0.15, 0.2) is 5.82 Å². The lowest BCUT2D eigenvalue weighted by atomic mass is 10.1. The van der Waals surface area contributed by atoms with Gasteiger partial charge in [-0.3, -0.25) is 10.00 Å². The van der Waals surface area contributed by atoms with Crippen molar-refractivity contribution in [1.82, 2.24) is 15.5 Å². The summed E-state index contributed by atoms with van der Waals surface area (Å²) in [6.07, 6.45) is 2.02. The van der Waals surface area contributed by atoms with Crippen molar-refractivity contribution in [3.8, 4) is 0 Å². The number of anilines is 2. The van der Waals surface area contributed by atoms with Gasteiger partial charge in [0, 0.05) is 24.4 Å². The van der Waals surface area contributed by atoms with Crippen molar-refractivity contribution in [3.05, 3.63) is 76.7 Å². The standard InChI is InChI=1S/C19H16F3N5O/c20-12-2-1-11-5-17(15-9-25-26-18(15)23)27(16(11)7-12)19(28)24-8-10-3-13(21)6-14(22)4-10/h1-4,6-7,9,17H,5,8H2,(H,24,28)(H3,23,25,26). The number of rotatable bonds is 3. The molecule has 0 saturated carbocycles. The Balaban J connectivity index is 1.63. The van der Waals surface area contributed by atoms with E-state index in [0.717, 1.165) is 23.8 Å². The minimum absolute atomic E-state index is 0.0950. The van der Waals surface area contributed by atoms with Crippen LogP contribution in [0.25, 0.3) is 0 Å². The fourth-order valence-corrected chi connectivity index (χ4v) is 3.45. The van der Waals surface area contributed by atoms with Crippen molar-refractivity contribution in [2.75, 3.05) is 10.6 Å². The van der Waals surface area contributed by atoms with E-state index in [1.165, 1.54) is 17.0 Å². The third-order valence-corrected chi connectivity index (χ3v) is 4.68. The Morgan fingerprint density at radius 1 is 1.18 bits per heavy atom. The lowest BCUT2D eigenvalue weighted by Gasteiger charge is -2.25. The molecule has 6 nitrogen and oxygen atoms in total. The number of hydrogen-bond donors (Lipinski definition) is 3. The van der Waals surface area contributed by atoms with Gasteiger partial charge < -0.3 is 11.1 Å². The van der Waals surface area contributed by atoms with Gasteiger partial charge in [0.05, 0.1) is 11.7 Å². The number of urea groups is 1. The molecule has 9 heteroatoms. The molecule has 2 heterocycles. The number of halogens is 3. The molecule has 0 aliphatic carbocycles. The van der Waals surface area contributed by atoms with Gasteiger partial charge in [0.2, 0.25) is 0 Å².